The molecule has 0 aliphatic heterocycles. The van der Waals surface area contributed by atoms with Crippen LogP contribution in [0.3, 0.4) is 0 Å². The highest BCUT2D eigenvalue weighted by molar-refractivity contribution is 7.17. The lowest BCUT2D eigenvalue weighted by molar-refractivity contribution is 0.242. The quantitative estimate of drug-likeness (QED) is 0.415. The van der Waals surface area contributed by atoms with Crippen molar-refractivity contribution < 1.29 is 4.74 Å². The number of ether oxygens (including phenoxy) is 1. The second-order valence-electron chi connectivity index (χ2n) is 6.46. The fourth-order valence-electron chi connectivity index (χ4n) is 3.30. The molecule has 3 aromatic heterocycles. The number of thiophene rings is 1. The molecule has 27 heavy (non-hydrogen) atoms. The monoisotopic (exact) mass is 380 g/mol. The van der Waals surface area contributed by atoms with Crippen molar-refractivity contribution in [2.45, 2.75) is 20.3 Å². The molecule has 0 saturated carbocycles. The van der Waals surface area contributed by atoms with Crippen molar-refractivity contribution in [1.29, 1.82) is 0 Å². The molecule has 0 bridgehead atoms. The van der Waals surface area contributed by atoms with Gasteiger partial charge < -0.3 is 9.64 Å². The van der Waals surface area contributed by atoms with Gasteiger partial charge in [-0.3, -0.25) is 0 Å². The van der Waals surface area contributed by atoms with Crippen molar-refractivity contribution in [1.82, 2.24) is 19.5 Å². The molecular formula is C21H24N4OS. The number of fused-ring (bicyclic) bond motifs is 2. The van der Waals surface area contributed by atoms with E-state index in [0.29, 0.717) is 12.5 Å². The van der Waals surface area contributed by atoms with Crippen LogP contribution in [0.2, 0.25) is 0 Å². The van der Waals surface area contributed by atoms with Gasteiger partial charge in [-0.15, -0.1) is 16.4 Å². The van der Waals surface area contributed by atoms with Crippen LogP contribution in [0, 0.1) is 0 Å². The van der Waals surface area contributed by atoms with E-state index in [1.807, 2.05) is 22.8 Å². The maximum absolute atomic E-state index is 5.90. The van der Waals surface area contributed by atoms with Crippen molar-refractivity contribution in [3.05, 3.63) is 48.0 Å². The van der Waals surface area contributed by atoms with Crippen LogP contribution in [0.5, 0.6) is 5.88 Å². The van der Waals surface area contributed by atoms with E-state index in [2.05, 4.69) is 58.5 Å². The van der Waals surface area contributed by atoms with Crippen LogP contribution >= 0.6 is 11.3 Å². The van der Waals surface area contributed by atoms with Gasteiger partial charge in [0.05, 0.1) is 18.5 Å². The summed E-state index contributed by atoms with van der Waals surface area (Å²) in [5, 5.41) is 8.08. The minimum Gasteiger partial charge on any atom is -0.477 e. The molecule has 0 saturated heterocycles. The van der Waals surface area contributed by atoms with E-state index >= 15 is 0 Å². The van der Waals surface area contributed by atoms with Crippen LogP contribution < -0.4 is 4.74 Å². The first-order chi connectivity index (χ1) is 13.3. The Bertz CT molecular complexity index is 1030. The largest absolute Gasteiger partial charge is 0.477 e. The Hall–Kier alpha value is -2.44. The summed E-state index contributed by atoms with van der Waals surface area (Å²) in [6, 6.07) is 12.3. The molecule has 0 radical (unpaired) electrons. The zero-order valence-electron chi connectivity index (χ0n) is 15.8. The maximum Gasteiger partial charge on any atom is 0.231 e. The highest BCUT2D eigenvalue weighted by Crippen LogP contribution is 2.33. The smallest absolute Gasteiger partial charge is 0.231 e. The van der Waals surface area contributed by atoms with Crippen molar-refractivity contribution in [3.8, 4) is 17.1 Å². The second-order valence-corrected chi connectivity index (χ2v) is 7.37. The van der Waals surface area contributed by atoms with Crippen molar-refractivity contribution >= 4 is 27.1 Å². The SMILES string of the molecule is CCN(CC)CCCOc1ccc2ncc(-c3csc4ccccc34)n2n1. The van der Waals surface area contributed by atoms with Crippen LogP contribution in [0.15, 0.2) is 48.0 Å². The average Bonchev–Trinajstić information content (AvgIpc) is 3.31. The fourth-order valence-corrected chi connectivity index (χ4v) is 4.25. The fraction of sp³-hybridized carbons (Fsp3) is 0.333. The average molecular weight is 381 g/mol. The van der Waals surface area contributed by atoms with Gasteiger partial charge in [-0.05, 0) is 31.6 Å². The van der Waals surface area contributed by atoms with Crippen LogP contribution in [0.4, 0.5) is 0 Å². The third-order valence-corrected chi connectivity index (χ3v) is 5.82. The van der Waals surface area contributed by atoms with Gasteiger partial charge in [-0.1, -0.05) is 32.0 Å². The Kier molecular flexibility index (Phi) is 5.36. The molecule has 140 valence electrons. The zero-order valence-corrected chi connectivity index (χ0v) is 16.6. The van der Waals surface area contributed by atoms with Crippen LogP contribution in [-0.2, 0) is 0 Å². The molecule has 0 spiro atoms. The number of hydrogen-bond donors (Lipinski definition) is 0. The van der Waals surface area contributed by atoms with Gasteiger partial charge >= 0.3 is 0 Å². The third-order valence-electron chi connectivity index (χ3n) is 4.86. The lowest BCUT2D eigenvalue weighted by Crippen LogP contribution is -2.25. The van der Waals surface area contributed by atoms with E-state index in [-0.39, 0.29) is 0 Å². The molecule has 5 nitrogen and oxygen atoms in total. The van der Waals surface area contributed by atoms with Crippen molar-refractivity contribution in [2.24, 2.45) is 0 Å². The molecule has 0 amide bonds. The molecule has 0 aliphatic rings. The Balaban J connectivity index is 1.55. The number of imidazole rings is 1. The third kappa shape index (κ3) is 3.68. The first-order valence-corrected chi connectivity index (χ1v) is 10.3. The van der Waals surface area contributed by atoms with E-state index < -0.39 is 0 Å². The second kappa shape index (κ2) is 8.06. The standard InChI is InChI=1S/C21H24N4OS/c1-3-24(4-2)12-7-13-26-21-11-10-20-22-14-18(25(20)23-21)17-15-27-19-9-6-5-8-16(17)19/h5-6,8-11,14-15H,3-4,7,12-13H2,1-2H3. The highest BCUT2D eigenvalue weighted by Gasteiger charge is 2.12. The van der Waals surface area contributed by atoms with E-state index in [4.69, 9.17) is 4.74 Å². The summed E-state index contributed by atoms with van der Waals surface area (Å²) in [5.74, 6) is 0.640. The summed E-state index contributed by atoms with van der Waals surface area (Å²) in [7, 11) is 0. The Morgan fingerprint density at radius 1 is 1.11 bits per heavy atom. The summed E-state index contributed by atoms with van der Waals surface area (Å²) >= 11 is 1.74. The number of nitrogens with zero attached hydrogens (tertiary/aromatic N) is 4. The Morgan fingerprint density at radius 3 is 2.81 bits per heavy atom. The number of benzene rings is 1. The zero-order chi connectivity index (χ0) is 18.6. The lowest BCUT2D eigenvalue weighted by atomic mass is 10.1. The van der Waals surface area contributed by atoms with Gasteiger partial charge in [0.15, 0.2) is 5.65 Å². The summed E-state index contributed by atoms with van der Waals surface area (Å²) in [6.07, 6.45) is 2.88. The van der Waals surface area contributed by atoms with E-state index in [9.17, 15) is 0 Å². The van der Waals surface area contributed by atoms with E-state index in [1.165, 1.54) is 10.1 Å². The molecule has 0 N–H and O–H groups in total. The minimum atomic E-state index is 0.640. The normalized spacial score (nSPS) is 11.7. The molecule has 4 rings (SSSR count). The molecule has 0 atom stereocenters. The topological polar surface area (TPSA) is 42.7 Å². The van der Waals surface area contributed by atoms with Gasteiger partial charge in [0, 0.05) is 33.6 Å². The van der Waals surface area contributed by atoms with Crippen LogP contribution in [0.25, 0.3) is 27.0 Å². The van der Waals surface area contributed by atoms with Crippen LogP contribution in [0.1, 0.15) is 20.3 Å². The highest BCUT2D eigenvalue weighted by atomic mass is 32.1. The molecular weight excluding hydrogens is 356 g/mol. The van der Waals surface area contributed by atoms with Crippen molar-refractivity contribution in [2.75, 3.05) is 26.2 Å². The summed E-state index contributed by atoms with van der Waals surface area (Å²) in [4.78, 5) is 6.91. The first kappa shape index (κ1) is 17.9. The van der Waals surface area contributed by atoms with Crippen LogP contribution in [-0.4, -0.2) is 45.7 Å². The van der Waals surface area contributed by atoms with Gasteiger partial charge in [-0.25, -0.2) is 9.50 Å². The molecule has 4 aromatic rings. The molecule has 0 fully saturated rings. The molecule has 6 heteroatoms. The lowest BCUT2D eigenvalue weighted by Gasteiger charge is -2.17. The van der Waals surface area contributed by atoms with E-state index in [1.54, 1.807) is 11.3 Å². The summed E-state index contributed by atoms with van der Waals surface area (Å²) in [6.45, 7) is 8.25. The van der Waals surface area contributed by atoms with Gasteiger partial charge in [0.1, 0.15) is 0 Å². The van der Waals surface area contributed by atoms with Gasteiger partial charge in [0.25, 0.3) is 0 Å². The van der Waals surface area contributed by atoms with Gasteiger partial charge in [-0.2, -0.15) is 0 Å². The number of hydrogen-bond acceptors (Lipinski definition) is 5. The van der Waals surface area contributed by atoms with E-state index in [0.717, 1.165) is 43.0 Å². The molecule has 3 heterocycles. The number of aromatic nitrogens is 3. The number of rotatable bonds is 8. The van der Waals surface area contributed by atoms with Crippen molar-refractivity contribution in [3.63, 3.8) is 0 Å². The molecule has 1 aromatic carbocycles. The predicted octanol–water partition coefficient (Wildman–Crippen LogP) is 4.72. The summed E-state index contributed by atoms with van der Waals surface area (Å²) in [5.41, 5.74) is 2.99. The first-order valence-electron chi connectivity index (χ1n) is 9.46. The minimum absolute atomic E-state index is 0.640. The Morgan fingerprint density at radius 2 is 1.96 bits per heavy atom. The van der Waals surface area contributed by atoms with Gasteiger partial charge in [0.2, 0.25) is 5.88 Å². The Labute approximate surface area is 163 Å². The maximum atomic E-state index is 5.90. The molecule has 0 aliphatic carbocycles. The summed E-state index contributed by atoms with van der Waals surface area (Å²) < 4.78 is 9.05. The molecule has 0 unspecified atom stereocenters. The predicted molar refractivity (Wildman–Crippen MR) is 112 cm³/mol.